The van der Waals surface area contributed by atoms with Gasteiger partial charge in [0.2, 0.25) is 0 Å². The van der Waals surface area contributed by atoms with E-state index in [9.17, 15) is 14.0 Å². The van der Waals surface area contributed by atoms with Crippen LogP contribution in [0.15, 0.2) is 75.9 Å². The average molecular weight is 361 g/mol. The van der Waals surface area contributed by atoms with Gasteiger partial charge in [0, 0.05) is 6.07 Å². The van der Waals surface area contributed by atoms with Crippen molar-refractivity contribution in [2.75, 3.05) is 0 Å². The molecule has 27 heavy (non-hydrogen) atoms. The lowest BCUT2D eigenvalue weighted by atomic mass is 9.99. The van der Waals surface area contributed by atoms with Crippen LogP contribution in [0.4, 0.5) is 4.39 Å². The molecular weight excluding hydrogens is 345 g/mol. The molecule has 0 radical (unpaired) electrons. The monoisotopic (exact) mass is 361 g/mol. The molecule has 0 aliphatic heterocycles. The Balaban J connectivity index is 1.66. The maximum atomic E-state index is 13.3. The Hall–Kier alpha value is -3.47. The Bertz CT molecular complexity index is 1220. The van der Waals surface area contributed by atoms with Crippen LogP contribution in [-0.4, -0.2) is 5.91 Å². The molecule has 0 spiro atoms. The molecule has 3 aromatic carbocycles. The Morgan fingerprint density at radius 1 is 1.00 bits per heavy atom. The number of hydrogen-bond donors (Lipinski definition) is 1. The number of nitrogens with one attached hydrogen (secondary N) is 1. The number of fused-ring (bicyclic) bond motifs is 2. The van der Waals surface area contributed by atoms with Crippen LogP contribution >= 0.6 is 0 Å². The van der Waals surface area contributed by atoms with E-state index >= 15 is 0 Å². The van der Waals surface area contributed by atoms with Gasteiger partial charge in [0.05, 0.1) is 11.4 Å². The van der Waals surface area contributed by atoms with Gasteiger partial charge in [0.15, 0.2) is 11.2 Å². The Morgan fingerprint density at radius 3 is 2.63 bits per heavy atom. The fraction of sp³-hybridized carbons (Fsp3) is 0.0909. The van der Waals surface area contributed by atoms with Crippen LogP contribution in [0.2, 0.25) is 0 Å². The highest BCUT2D eigenvalue weighted by atomic mass is 19.1. The standard InChI is InChI=1S/C22H16FNO3/c1-13(16-8-4-6-14-5-2-3-7-17(14)16)24-22(26)21-12-19(25)18-11-15(23)9-10-20(18)27-21/h2-13H,1H3,(H,24,26)/t13-/m1/s1. The topological polar surface area (TPSA) is 59.3 Å². The quantitative estimate of drug-likeness (QED) is 0.581. The van der Waals surface area contributed by atoms with E-state index in [-0.39, 0.29) is 22.8 Å². The third-order valence-corrected chi connectivity index (χ3v) is 4.55. The Labute approximate surface area is 154 Å². The van der Waals surface area contributed by atoms with E-state index in [4.69, 9.17) is 4.42 Å². The molecule has 4 aromatic rings. The van der Waals surface area contributed by atoms with Gasteiger partial charge in [-0.2, -0.15) is 0 Å². The molecule has 1 amide bonds. The third-order valence-electron chi connectivity index (χ3n) is 4.55. The smallest absolute Gasteiger partial charge is 0.287 e. The van der Waals surface area contributed by atoms with E-state index in [0.29, 0.717) is 0 Å². The van der Waals surface area contributed by atoms with E-state index in [2.05, 4.69) is 5.32 Å². The molecule has 0 unspecified atom stereocenters. The summed E-state index contributed by atoms with van der Waals surface area (Å²) in [6, 6.07) is 18.2. The maximum absolute atomic E-state index is 13.3. The van der Waals surface area contributed by atoms with Gasteiger partial charge in [-0.25, -0.2) is 4.39 Å². The summed E-state index contributed by atoms with van der Waals surface area (Å²) in [5, 5.41) is 5.09. The van der Waals surface area contributed by atoms with Crippen molar-refractivity contribution in [3.05, 3.63) is 94.1 Å². The summed E-state index contributed by atoms with van der Waals surface area (Å²) in [5.74, 6) is -1.14. The first-order valence-corrected chi connectivity index (χ1v) is 8.55. The highest BCUT2D eigenvalue weighted by Crippen LogP contribution is 2.24. The van der Waals surface area contributed by atoms with Crippen LogP contribution in [0.25, 0.3) is 21.7 Å². The zero-order chi connectivity index (χ0) is 19.0. The molecule has 1 heterocycles. The van der Waals surface area contributed by atoms with E-state index in [1.807, 2.05) is 49.4 Å². The molecule has 0 aliphatic rings. The number of carbonyl (C=O) groups excluding carboxylic acids is 1. The first-order valence-electron chi connectivity index (χ1n) is 8.55. The molecule has 4 nitrogen and oxygen atoms in total. The van der Waals surface area contributed by atoms with Crippen LogP contribution in [-0.2, 0) is 0 Å². The summed E-state index contributed by atoms with van der Waals surface area (Å²) in [4.78, 5) is 24.8. The summed E-state index contributed by atoms with van der Waals surface area (Å²) < 4.78 is 18.8. The van der Waals surface area contributed by atoms with Gasteiger partial charge in [-0.05, 0) is 41.5 Å². The van der Waals surface area contributed by atoms with Crippen molar-refractivity contribution in [1.29, 1.82) is 0 Å². The normalized spacial score (nSPS) is 12.2. The molecule has 0 saturated carbocycles. The Kier molecular flexibility index (Phi) is 4.20. The molecule has 0 fully saturated rings. The molecule has 5 heteroatoms. The highest BCUT2D eigenvalue weighted by molar-refractivity contribution is 5.94. The molecule has 0 bridgehead atoms. The molecule has 0 saturated heterocycles. The number of halogens is 1. The molecule has 1 N–H and O–H groups in total. The second kappa shape index (κ2) is 6.68. The third kappa shape index (κ3) is 3.19. The van der Waals surface area contributed by atoms with Crippen LogP contribution < -0.4 is 10.7 Å². The SMILES string of the molecule is C[C@@H](NC(=O)c1cc(=O)c2cc(F)ccc2o1)c1cccc2ccccc12. The van der Waals surface area contributed by atoms with Gasteiger partial charge in [0.25, 0.3) is 5.91 Å². The number of carbonyl (C=O) groups is 1. The van der Waals surface area contributed by atoms with Crippen LogP contribution in [0.5, 0.6) is 0 Å². The second-order valence-electron chi connectivity index (χ2n) is 6.38. The van der Waals surface area contributed by atoms with Crippen molar-refractivity contribution in [1.82, 2.24) is 5.32 Å². The zero-order valence-corrected chi connectivity index (χ0v) is 14.5. The molecule has 4 rings (SSSR count). The van der Waals surface area contributed by atoms with Crippen LogP contribution in [0.1, 0.15) is 29.1 Å². The lowest BCUT2D eigenvalue weighted by Gasteiger charge is -2.16. The number of rotatable bonds is 3. The predicted octanol–water partition coefficient (Wildman–Crippen LogP) is 4.58. The summed E-state index contributed by atoms with van der Waals surface area (Å²) in [6.07, 6.45) is 0. The molecule has 1 aromatic heterocycles. The molecule has 134 valence electrons. The van der Waals surface area contributed by atoms with Crippen molar-refractivity contribution in [2.24, 2.45) is 0 Å². The Morgan fingerprint density at radius 2 is 1.78 bits per heavy atom. The number of hydrogen-bond acceptors (Lipinski definition) is 3. The van der Waals surface area contributed by atoms with Crippen molar-refractivity contribution >= 4 is 27.6 Å². The van der Waals surface area contributed by atoms with Gasteiger partial charge in [-0.15, -0.1) is 0 Å². The van der Waals surface area contributed by atoms with Crippen LogP contribution in [0, 0.1) is 5.82 Å². The van der Waals surface area contributed by atoms with Gasteiger partial charge >= 0.3 is 0 Å². The van der Waals surface area contributed by atoms with E-state index in [1.165, 1.54) is 12.1 Å². The fourth-order valence-electron chi connectivity index (χ4n) is 3.21. The first kappa shape index (κ1) is 17.0. The summed E-state index contributed by atoms with van der Waals surface area (Å²) in [5.41, 5.74) is 0.678. The minimum atomic E-state index is -0.531. The molecule has 1 atom stereocenters. The van der Waals surface area contributed by atoms with Crippen molar-refractivity contribution in [3.63, 3.8) is 0 Å². The highest BCUT2D eigenvalue weighted by Gasteiger charge is 2.17. The largest absolute Gasteiger partial charge is 0.451 e. The van der Waals surface area contributed by atoms with Crippen molar-refractivity contribution in [2.45, 2.75) is 13.0 Å². The van der Waals surface area contributed by atoms with E-state index < -0.39 is 17.2 Å². The van der Waals surface area contributed by atoms with Gasteiger partial charge < -0.3 is 9.73 Å². The van der Waals surface area contributed by atoms with Gasteiger partial charge in [-0.3, -0.25) is 9.59 Å². The van der Waals surface area contributed by atoms with Gasteiger partial charge in [-0.1, -0.05) is 42.5 Å². The minimum absolute atomic E-state index is 0.105. The lowest BCUT2D eigenvalue weighted by Crippen LogP contribution is -2.27. The lowest BCUT2D eigenvalue weighted by molar-refractivity contribution is 0.0912. The molecule has 0 aliphatic carbocycles. The summed E-state index contributed by atoms with van der Waals surface area (Å²) in [6.45, 7) is 1.87. The van der Waals surface area contributed by atoms with Crippen LogP contribution in [0.3, 0.4) is 0 Å². The second-order valence-corrected chi connectivity index (χ2v) is 6.38. The first-order chi connectivity index (χ1) is 13.0. The fourth-order valence-corrected chi connectivity index (χ4v) is 3.21. The number of amides is 1. The van der Waals surface area contributed by atoms with Crippen molar-refractivity contribution < 1.29 is 13.6 Å². The summed E-state index contributed by atoms with van der Waals surface area (Å²) >= 11 is 0. The van der Waals surface area contributed by atoms with Crippen molar-refractivity contribution in [3.8, 4) is 0 Å². The minimum Gasteiger partial charge on any atom is -0.451 e. The summed E-state index contributed by atoms with van der Waals surface area (Å²) in [7, 11) is 0. The van der Waals surface area contributed by atoms with E-state index in [0.717, 1.165) is 28.5 Å². The maximum Gasteiger partial charge on any atom is 0.287 e. The molecular formula is C22H16FNO3. The average Bonchev–Trinajstić information content (AvgIpc) is 2.67. The zero-order valence-electron chi connectivity index (χ0n) is 14.5. The number of benzene rings is 3. The van der Waals surface area contributed by atoms with Gasteiger partial charge in [0.1, 0.15) is 11.4 Å². The van der Waals surface area contributed by atoms with E-state index in [1.54, 1.807) is 0 Å². The predicted molar refractivity (Wildman–Crippen MR) is 102 cm³/mol.